The van der Waals surface area contributed by atoms with Crippen LogP contribution in [0.5, 0.6) is 5.88 Å². The molecule has 0 atom stereocenters. The second-order valence-corrected chi connectivity index (χ2v) is 2.94. The van der Waals surface area contributed by atoms with Crippen molar-refractivity contribution in [2.24, 2.45) is 0 Å². The van der Waals surface area contributed by atoms with Crippen LogP contribution >= 0.6 is 0 Å². The molecule has 3 nitrogen and oxygen atoms in total. The molecule has 0 fully saturated rings. The minimum Gasteiger partial charge on any atom is -0.480 e. The molecule has 0 aliphatic heterocycles. The van der Waals surface area contributed by atoms with Gasteiger partial charge in [0.05, 0.1) is 12.7 Å². The summed E-state index contributed by atoms with van der Waals surface area (Å²) in [5.74, 6) is -0.642. The molecule has 1 aromatic heterocycles. The van der Waals surface area contributed by atoms with Gasteiger partial charge in [-0.15, -0.1) is 0 Å². The second-order valence-electron chi connectivity index (χ2n) is 2.94. The molecule has 0 N–H and O–H groups in total. The summed E-state index contributed by atoms with van der Waals surface area (Å²) in [5.41, 5.74) is -3.56. The van der Waals surface area contributed by atoms with Crippen molar-refractivity contribution in [3.8, 4) is 5.88 Å². The molecule has 0 spiro atoms. The van der Waals surface area contributed by atoms with Crippen LogP contribution in [0.4, 0.5) is 22.0 Å². The molecule has 17 heavy (non-hydrogen) atoms. The van der Waals surface area contributed by atoms with E-state index in [4.69, 9.17) is 0 Å². The lowest BCUT2D eigenvalue weighted by Gasteiger charge is -2.13. The van der Waals surface area contributed by atoms with E-state index in [1.807, 2.05) is 0 Å². The van der Waals surface area contributed by atoms with Crippen molar-refractivity contribution in [2.45, 2.75) is 12.6 Å². The number of carbonyl (C=O) groups excluding carboxylic acids is 1. The Kier molecular flexibility index (Phi) is 3.64. The number of rotatable bonds is 3. The number of hydrogen-bond donors (Lipinski definition) is 0. The Bertz CT molecular complexity index is 430. The fourth-order valence-electron chi connectivity index (χ4n) is 1.17. The van der Waals surface area contributed by atoms with Crippen molar-refractivity contribution in [3.63, 3.8) is 0 Å². The van der Waals surface area contributed by atoms with Gasteiger partial charge in [-0.3, -0.25) is 4.79 Å². The maximum absolute atomic E-state index is 12.4. The third kappa shape index (κ3) is 2.69. The quantitative estimate of drug-likeness (QED) is 0.615. The maximum Gasteiger partial charge on any atom is 0.433 e. The molecule has 0 aromatic carbocycles. The van der Waals surface area contributed by atoms with E-state index in [1.165, 1.54) is 0 Å². The van der Waals surface area contributed by atoms with Crippen LogP contribution in [0.25, 0.3) is 0 Å². The van der Waals surface area contributed by atoms with E-state index in [-0.39, 0.29) is 6.29 Å². The summed E-state index contributed by atoms with van der Waals surface area (Å²) in [4.78, 5) is 13.4. The molecule has 8 heteroatoms. The second kappa shape index (κ2) is 4.64. The summed E-state index contributed by atoms with van der Waals surface area (Å²) in [6.07, 6.45) is -8.33. The molecule has 1 aromatic rings. The minimum atomic E-state index is -5.04. The van der Waals surface area contributed by atoms with Gasteiger partial charge in [0.25, 0.3) is 6.43 Å². The third-order valence-corrected chi connectivity index (χ3v) is 1.87. The van der Waals surface area contributed by atoms with E-state index in [9.17, 15) is 26.7 Å². The molecule has 0 unspecified atom stereocenters. The number of aromatic nitrogens is 1. The number of aldehydes is 1. The summed E-state index contributed by atoms with van der Waals surface area (Å²) in [7, 11) is 0.984. The molecule has 0 saturated heterocycles. The average molecular weight is 255 g/mol. The largest absolute Gasteiger partial charge is 0.480 e. The number of methoxy groups -OCH3 is 1. The van der Waals surface area contributed by atoms with E-state index in [0.717, 1.165) is 7.11 Å². The maximum atomic E-state index is 12.4. The van der Waals surface area contributed by atoms with Gasteiger partial charge in [-0.1, -0.05) is 0 Å². The molecule has 0 aliphatic carbocycles. The van der Waals surface area contributed by atoms with E-state index < -0.39 is 35.3 Å². The lowest BCUT2D eigenvalue weighted by Crippen LogP contribution is -2.14. The van der Waals surface area contributed by atoms with Gasteiger partial charge >= 0.3 is 6.18 Å². The summed E-state index contributed by atoms with van der Waals surface area (Å²) >= 11 is 0. The highest BCUT2D eigenvalue weighted by Gasteiger charge is 2.38. The van der Waals surface area contributed by atoms with E-state index in [0.29, 0.717) is 6.07 Å². The van der Waals surface area contributed by atoms with E-state index in [1.54, 1.807) is 0 Å². The molecule has 0 saturated carbocycles. The van der Waals surface area contributed by atoms with Crippen LogP contribution in [0.15, 0.2) is 6.07 Å². The Balaban J connectivity index is 3.51. The molecular formula is C9H6F5NO2. The molecule has 0 radical (unpaired) electrons. The number of pyridine rings is 1. The predicted molar refractivity (Wildman–Crippen MR) is 46.1 cm³/mol. The lowest BCUT2D eigenvalue weighted by molar-refractivity contribution is -0.143. The van der Waals surface area contributed by atoms with Crippen LogP contribution in [0, 0.1) is 0 Å². The SMILES string of the molecule is COc1nc(C(F)(F)F)c(C(F)F)cc1C=O. The highest BCUT2D eigenvalue weighted by atomic mass is 19.4. The Morgan fingerprint density at radius 3 is 2.35 bits per heavy atom. The van der Waals surface area contributed by atoms with Crippen LogP contribution < -0.4 is 4.74 Å². The number of ether oxygens (including phenoxy) is 1. The van der Waals surface area contributed by atoms with Crippen LogP contribution in [0.1, 0.15) is 28.0 Å². The van der Waals surface area contributed by atoms with Crippen molar-refractivity contribution >= 4 is 6.29 Å². The minimum absolute atomic E-state index is 0.0951. The number of alkyl halides is 5. The van der Waals surface area contributed by atoms with Crippen molar-refractivity contribution < 1.29 is 31.5 Å². The fraction of sp³-hybridized carbons (Fsp3) is 0.333. The van der Waals surface area contributed by atoms with Crippen molar-refractivity contribution in [1.82, 2.24) is 4.98 Å². The normalized spacial score (nSPS) is 11.7. The zero-order valence-corrected chi connectivity index (χ0v) is 8.39. The Morgan fingerprint density at radius 2 is 2.00 bits per heavy atom. The summed E-state index contributed by atoms with van der Waals surface area (Å²) in [5, 5.41) is 0. The lowest BCUT2D eigenvalue weighted by atomic mass is 10.1. The zero-order chi connectivity index (χ0) is 13.2. The molecule has 1 heterocycles. The smallest absolute Gasteiger partial charge is 0.433 e. The van der Waals surface area contributed by atoms with Crippen molar-refractivity contribution in [2.75, 3.05) is 7.11 Å². The van der Waals surface area contributed by atoms with Crippen LogP contribution in [-0.2, 0) is 6.18 Å². The highest BCUT2D eigenvalue weighted by Crippen LogP contribution is 2.37. The molecular weight excluding hydrogens is 249 g/mol. The number of halogens is 5. The number of nitrogens with zero attached hydrogens (tertiary/aromatic N) is 1. The zero-order valence-electron chi connectivity index (χ0n) is 8.39. The summed E-state index contributed by atoms with van der Waals surface area (Å²) in [6, 6.07) is 0.423. The first kappa shape index (κ1) is 13.3. The third-order valence-electron chi connectivity index (χ3n) is 1.87. The van der Waals surface area contributed by atoms with E-state index >= 15 is 0 Å². The average Bonchev–Trinajstić information content (AvgIpc) is 2.25. The van der Waals surface area contributed by atoms with Crippen molar-refractivity contribution in [3.05, 3.63) is 22.9 Å². The summed E-state index contributed by atoms with van der Waals surface area (Å²) < 4.78 is 66.5. The Morgan fingerprint density at radius 1 is 1.41 bits per heavy atom. The molecule has 0 aliphatic rings. The molecule has 94 valence electrons. The molecule has 0 amide bonds. The van der Waals surface area contributed by atoms with Crippen LogP contribution in [0.3, 0.4) is 0 Å². The first-order chi connectivity index (χ1) is 7.81. The number of hydrogen-bond acceptors (Lipinski definition) is 3. The van der Waals surface area contributed by atoms with Gasteiger partial charge in [-0.25, -0.2) is 13.8 Å². The first-order valence-electron chi connectivity index (χ1n) is 4.20. The van der Waals surface area contributed by atoms with Gasteiger partial charge in [0.2, 0.25) is 5.88 Å². The fourth-order valence-corrected chi connectivity index (χ4v) is 1.17. The highest BCUT2D eigenvalue weighted by molar-refractivity contribution is 5.78. The van der Waals surface area contributed by atoms with Gasteiger partial charge in [-0.05, 0) is 6.07 Å². The van der Waals surface area contributed by atoms with E-state index in [2.05, 4.69) is 9.72 Å². The summed E-state index contributed by atoms with van der Waals surface area (Å²) in [6.45, 7) is 0. The van der Waals surface area contributed by atoms with Gasteiger partial charge in [0, 0.05) is 5.56 Å². The first-order valence-corrected chi connectivity index (χ1v) is 4.20. The van der Waals surface area contributed by atoms with Gasteiger partial charge < -0.3 is 4.74 Å². The Hall–Kier alpha value is -1.73. The number of carbonyl (C=O) groups is 1. The molecule has 0 bridgehead atoms. The monoisotopic (exact) mass is 255 g/mol. The van der Waals surface area contributed by atoms with Gasteiger partial charge in [0.15, 0.2) is 12.0 Å². The van der Waals surface area contributed by atoms with Crippen LogP contribution in [0.2, 0.25) is 0 Å². The van der Waals surface area contributed by atoms with Gasteiger partial charge in [0.1, 0.15) is 0 Å². The van der Waals surface area contributed by atoms with Crippen molar-refractivity contribution in [1.29, 1.82) is 0 Å². The van der Waals surface area contributed by atoms with Crippen LogP contribution in [-0.4, -0.2) is 18.4 Å². The predicted octanol–water partition coefficient (Wildman–Crippen LogP) is 2.86. The standard InChI is InChI=1S/C9H6F5NO2/c1-17-8-4(3-16)2-5(7(10)11)6(15-8)9(12,13)14/h2-3,7H,1H3. The topological polar surface area (TPSA) is 39.2 Å². The molecule has 1 rings (SSSR count). The Labute approximate surface area is 92.2 Å². The van der Waals surface area contributed by atoms with Gasteiger partial charge in [-0.2, -0.15) is 13.2 Å².